The van der Waals surface area contributed by atoms with Gasteiger partial charge in [0, 0.05) is 4.75 Å². The summed E-state index contributed by atoms with van der Waals surface area (Å²) in [5, 5.41) is 11.9. The van der Waals surface area contributed by atoms with E-state index in [9.17, 15) is 14.9 Å². The van der Waals surface area contributed by atoms with Gasteiger partial charge in [0.2, 0.25) is 11.8 Å². The number of carbonyl (C=O) groups excluding carboxylic acids is 2. The minimum atomic E-state index is -0.515. The average molecular weight is 315 g/mol. The first-order valence-electron chi connectivity index (χ1n) is 7.17. The topological polar surface area (TPSA) is 73.2 Å². The average Bonchev–Trinajstić information content (AvgIpc) is 2.73. The van der Waals surface area contributed by atoms with E-state index in [0.29, 0.717) is 0 Å². The Balaban J connectivity index is 1.65. The number of carbonyl (C=O) groups is 2. The highest BCUT2D eigenvalue weighted by molar-refractivity contribution is 8.01. The third-order valence-electron chi connectivity index (χ3n) is 4.09. The first-order valence-corrected chi connectivity index (χ1v) is 8.05. The number of benzene rings is 1. The SMILES string of the molecule is CC1(C)S[C@@H]2C(NC(=O)Cc3ccccc3)C(=O)N2C1C#N. The van der Waals surface area contributed by atoms with E-state index in [4.69, 9.17) is 0 Å². The largest absolute Gasteiger partial charge is 0.341 e. The van der Waals surface area contributed by atoms with Gasteiger partial charge in [0.25, 0.3) is 0 Å². The zero-order valence-electron chi connectivity index (χ0n) is 12.4. The Kier molecular flexibility index (Phi) is 3.61. The van der Waals surface area contributed by atoms with Gasteiger partial charge in [0.1, 0.15) is 17.5 Å². The quantitative estimate of drug-likeness (QED) is 0.853. The highest BCUT2D eigenvalue weighted by Gasteiger charge is 2.62. The number of β-lactam (4-membered cyclic amide) rings is 1. The Bertz CT molecular complexity index is 653. The molecule has 2 aliphatic heterocycles. The van der Waals surface area contributed by atoms with E-state index in [-0.39, 0.29) is 28.4 Å². The zero-order valence-corrected chi connectivity index (χ0v) is 13.3. The molecule has 1 N–H and O–H groups in total. The molecule has 2 fully saturated rings. The molecule has 2 amide bonds. The van der Waals surface area contributed by atoms with Crippen LogP contribution in [-0.2, 0) is 16.0 Å². The molecule has 0 spiro atoms. The fourth-order valence-electron chi connectivity index (χ4n) is 2.95. The predicted octanol–water partition coefficient (Wildman–Crippen LogP) is 1.30. The maximum Gasteiger partial charge on any atom is 0.250 e. The van der Waals surface area contributed by atoms with Crippen molar-refractivity contribution in [3.63, 3.8) is 0 Å². The molecule has 2 unspecified atom stereocenters. The van der Waals surface area contributed by atoms with Gasteiger partial charge in [0.15, 0.2) is 0 Å². The predicted molar refractivity (Wildman–Crippen MR) is 83.8 cm³/mol. The standard InChI is InChI=1S/C16H17N3O2S/c1-16(2)11(9-17)19-14(21)13(15(19)22-16)18-12(20)8-10-6-4-3-5-7-10/h3-7,11,13,15H,8H2,1-2H3,(H,18,20)/t11?,13?,15-/m1/s1. The fraction of sp³-hybridized carbons (Fsp3) is 0.438. The summed E-state index contributed by atoms with van der Waals surface area (Å²) in [5.74, 6) is -0.320. The molecule has 1 aromatic rings. The molecule has 3 atom stereocenters. The summed E-state index contributed by atoms with van der Waals surface area (Å²) in [6.45, 7) is 3.92. The summed E-state index contributed by atoms with van der Waals surface area (Å²) in [6.07, 6.45) is 0.257. The van der Waals surface area contributed by atoms with E-state index >= 15 is 0 Å². The maximum absolute atomic E-state index is 12.2. The van der Waals surface area contributed by atoms with Gasteiger partial charge in [-0.2, -0.15) is 5.26 Å². The van der Waals surface area contributed by atoms with E-state index in [2.05, 4.69) is 11.4 Å². The molecule has 1 aromatic carbocycles. The van der Waals surface area contributed by atoms with Crippen LogP contribution >= 0.6 is 11.8 Å². The highest BCUT2D eigenvalue weighted by Crippen LogP contribution is 2.50. The van der Waals surface area contributed by atoms with Gasteiger partial charge in [-0.05, 0) is 19.4 Å². The molecule has 3 rings (SSSR count). The third-order valence-corrected chi connectivity index (χ3v) is 5.66. The van der Waals surface area contributed by atoms with Crippen LogP contribution in [0.25, 0.3) is 0 Å². The van der Waals surface area contributed by atoms with Gasteiger partial charge in [0.05, 0.1) is 12.5 Å². The zero-order chi connectivity index (χ0) is 15.9. The molecular weight excluding hydrogens is 298 g/mol. The van der Waals surface area contributed by atoms with Crippen molar-refractivity contribution in [3.05, 3.63) is 35.9 Å². The van der Waals surface area contributed by atoms with Crippen molar-refractivity contribution in [2.24, 2.45) is 0 Å². The summed E-state index contributed by atoms with van der Waals surface area (Å²) in [5.41, 5.74) is 0.915. The third kappa shape index (κ3) is 2.35. The van der Waals surface area contributed by atoms with E-state index < -0.39 is 12.1 Å². The van der Waals surface area contributed by atoms with Crippen molar-refractivity contribution in [1.29, 1.82) is 5.26 Å². The van der Waals surface area contributed by atoms with Crippen LogP contribution in [0.2, 0.25) is 0 Å². The molecular formula is C16H17N3O2S. The van der Waals surface area contributed by atoms with E-state index in [1.165, 1.54) is 0 Å². The molecule has 114 valence electrons. The van der Waals surface area contributed by atoms with Crippen molar-refractivity contribution in [3.8, 4) is 6.07 Å². The molecule has 0 bridgehead atoms. The molecule has 2 heterocycles. The number of amides is 2. The summed E-state index contributed by atoms with van der Waals surface area (Å²) < 4.78 is -0.312. The number of nitrogens with one attached hydrogen (secondary N) is 1. The Labute approximate surface area is 133 Å². The van der Waals surface area contributed by atoms with E-state index in [1.807, 2.05) is 44.2 Å². The molecule has 2 saturated heterocycles. The molecule has 6 heteroatoms. The van der Waals surface area contributed by atoms with Crippen molar-refractivity contribution < 1.29 is 9.59 Å². The Morgan fingerprint density at radius 3 is 2.73 bits per heavy atom. The Morgan fingerprint density at radius 1 is 1.41 bits per heavy atom. The lowest BCUT2D eigenvalue weighted by Gasteiger charge is -2.43. The van der Waals surface area contributed by atoms with Crippen molar-refractivity contribution >= 4 is 23.6 Å². The van der Waals surface area contributed by atoms with Gasteiger partial charge in [-0.1, -0.05) is 30.3 Å². The second-order valence-corrected chi connectivity index (χ2v) is 7.87. The molecule has 22 heavy (non-hydrogen) atoms. The minimum Gasteiger partial charge on any atom is -0.341 e. The van der Waals surface area contributed by atoms with Crippen LogP contribution in [0, 0.1) is 11.3 Å². The summed E-state index contributed by atoms with van der Waals surface area (Å²) >= 11 is 1.58. The van der Waals surface area contributed by atoms with Gasteiger partial charge < -0.3 is 10.2 Å². The van der Waals surface area contributed by atoms with Crippen LogP contribution in [0.4, 0.5) is 0 Å². The first kappa shape index (κ1) is 14.9. The van der Waals surface area contributed by atoms with Gasteiger partial charge in [-0.25, -0.2) is 0 Å². The lowest BCUT2D eigenvalue weighted by molar-refractivity contribution is -0.149. The number of hydrogen-bond donors (Lipinski definition) is 1. The molecule has 5 nitrogen and oxygen atoms in total. The number of nitriles is 1. The molecule has 0 saturated carbocycles. The summed E-state index contributed by atoms with van der Waals surface area (Å²) in [7, 11) is 0. The van der Waals surface area contributed by atoms with Crippen molar-refractivity contribution in [2.45, 2.75) is 42.5 Å². The number of fused-ring (bicyclic) bond motifs is 1. The second kappa shape index (κ2) is 5.33. The van der Waals surface area contributed by atoms with Crippen LogP contribution in [0.1, 0.15) is 19.4 Å². The van der Waals surface area contributed by atoms with Crippen LogP contribution in [0.15, 0.2) is 30.3 Å². The van der Waals surface area contributed by atoms with Crippen LogP contribution in [0.3, 0.4) is 0 Å². The molecule has 0 radical (unpaired) electrons. The maximum atomic E-state index is 12.2. The van der Waals surface area contributed by atoms with E-state index in [1.54, 1.807) is 16.7 Å². The fourth-order valence-corrected chi connectivity index (χ4v) is 4.53. The van der Waals surface area contributed by atoms with Crippen LogP contribution < -0.4 is 5.32 Å². The second-order valence-electron chi connectivity index (χ2n) is 6.10. The highest BCUT2D eigenvalue weighted by atomic mass is 32.2. The molecule has 0 aliphatic carbocycles. The minimum absolute atomic E-state index is 0.133. The van der Waals surface area contributed by atoms with Crippen LogP contribution in [-0.4, -0.2) is 38.9 Å². The monoisotopic (exact) mass is 315 g/mol. The van der Waals surface area contributed by atoms with E-state index in [0.717, 1.165) is 5.56 Å². The number of nitrogens with zero attached hydrogens (tertiary/aromatic N) is 2. The smallest absolute Gasteiger partial charge is 0.250 e. The Morgan fingerprint density at radius 2 is 2.09 bits per heavy atom. The van der Waals surface area contributed by atoms with Gasteiger partial charge in [-0.3, -0.25) is 9.59 Å². The lowest BCUT2D eigenvalue weighted by Crippen LogP contribution is -2.69. The molecule has 2 aliphatic rings. The number of rotatable bonds is 3. The molecule has 0 aromatic heterocycles. The van der Waals surface area contributed by atoms with Gasteiger partial charge >= 0.3 is 0 Å². The van der Waals surface area contributed by atoms with Crippen LogP contribution in [0.5, 0.6) is 0 Å². The lowest BCUT2D eigenvalue weighted by atomic mass is 9.97. The van der Waals surface area contributed by atoms with Crippen molar-refractivity contribution in [1.82, 2.24) is 10.2 Å². The number of hydrogen-bond acceptors (Lipinski definition) is 4. The number of thioether (sulfide) groups is 1. The first-order chi connectivity index (χ1) is 10.4. The summed E-state index contributed by atoms with van der Waals surface area (Å²) in [4.78, 5) is 25.9. The normalized spacial score (nSPS) is 28.5. The Hall–Kier alpha value is -2.00. The summed E-state index contributed by atoms with van der Waals surface area (Å²) in [6, 6.07) is 10.7. The van der Waals surface area contributed by atoms with Gasteiger partial charge in [-0.15, -0.1) is 11.8 Å². The van der Waals surface area contributed by atoms with Crippen molar-refractivity contribution in [2.75, 3.05) is 0 Å².